The van der Waals surface area contributed by atoms with Gasteiger partial charge in [0, 0.05) is 24.2 Å². The number of rotatable bonds is 6. The average Bonchev–Trinajstić information content (AvgIpc) is 2.95. The summed E-state index contributed by atoms with van der Waals surface area (Å²) in [4.78, 5) is 31.4. The van der Waals surface area contributed by atoms with E-state index >= 15 is 0 Å². The number of carbonyl (C=O) groups excluding carboxylic acids is 2. The summed E-state index contributed by atoms with van der Waals surface area (Å²) in [6.45, 7) is 6.94. The molecule has 3 aromatic rings. The normalized spacial score (nSPS) is 14.8. The monoisotopic (exact) mass is 543 g/mol. The van der Waals surface area contributed by atoms with Gasteiger partial charge in [-0.15, -0.1) is 0 Å². The zero-order valence-electron chi connectivity index (χ0n) is 23.2. The first kappa shape index (κ1) is 27.1. The predicted octanol–water partition coefficient (Wildman–Crippen LogP) is 6.42. The van der Waals surface area contributed by atoms with Crippen LogP contribution < -0.4 is 14.8 Å². The molecule has 40 heavy (non-hydrogen) atoms. The summed E-state index contributed by atoms with van der Waals surface area (Å²) in [6.07, 6.45) is 1.88. The minimum Gasteiger partial charge on any atom is -0.497 e. The van der Waals surface area contributed by atoms with Gasteiger partial charge in [-0.2, -0.15) is 0 Å². The molecule has 2 aromatic carbocycles. The average molecular weight is 544 g/mol. The standard InChI is InChI=1S/C31H33N3O6/c1-31(2,3)40-30(36)34-15-7-8-21(17-34)24-16-26(32-28-25(24)19-39-29(35)33-28)23-9-5-6-10-27(23)38-18-20-11-13-22(37-4)14-12-20/h5-6,8-14,16H,7,15,17-19H2,1-4H3,(H,32,33,35). The van der Waals surface area contributed by atoms with Crippen molar-refractivity contribution in [3.63, 3.8) is 0 Å². The molecule has 0 unspecified atom stereocenters. The van der Waals surface area contributed by atoms with E-state index in [1.807, 2.05) is 75.4 Å². The topological polar surface area (TPSA) is 99.2 Å². The lowest BCUT2D eigenvalue weighted by Gasteiger charge is -2.31. The molecule has 9 heteroatoms. The van der Waals surface area contributed by atoms with Crippen molar-refractivity contribution in [1.29, 1.82) is 0 Å². The van der Waals surface area contributed by atoms with Crippen molar-refractivity contribution in [2.24, 2.45) is 0 Å². The number of pyridine rings is 1. The molecule has 2 amide bonds. The molecule has 5 rings (SSSR count). The zero-order valence-corrected chi connectivity index (χ0v) is 23.2. The number of methoxy groups -OCH3 is 1. The van der Waals surface area contributed by atoms with Crippen LogP contribution in [-0.2, 0) is 22.7 Å². The molecule has 0 aliphatic carbocycles. The van der Waals surface area contributed by atoms with Crippen LogP contribution in [0.5, 0.6) is 11.5 Å². The van der Waals surface area contributed by atoms with Crippen molar-refractivity contribution >= 4 is 23.6 Å². The Kier molecular flexibility index (Phi) is 7.64. The molecule has 1 N–H and O–H groups in total. The summed E-state index contributed by atoms with van der Waals surface area (Å²) in [6, 6.07) is 17.3. The quantitative estimate of drug-likeness (QED) is 0.383. The number of carbonyl (C=O) groups is 2. The fraction of sp³-hybridized carbons (Fsp3) is 0.323. The third-order valence-electron chi connectivity index (χ3n) is 6.56. The summed E-state index contributed by atoms with van der Waals surface area (Å²) in [5, 5.41) is 2.75. The van der Waals surface area contributed by atoms with E-state index in [9.17, 15) is 9.59 Å². The molecule has 0 saturated heterocycles. The van der Waals surface area contributed by atoms with Gasteiger partial charge >= 0.3 is 12.2 Å². The van der Waals surface area contributed by atoms with Crippen molar-refractivity contribution in [2.45, 2.75) is 46.0 Å². The van der Waals surface area contributed by atoms with E-state index in [1.165, 1.54) is 0 Å². The highest BCUT2D eigenvalue weighted by Crippen LogP contribution is 2.37. The number of ether oxygens (including phenoxy) is 4. The SMILES string of the molecule is COc1ccc(COc2ccccc2-c2cc(C3=CCCN(C(=O)OC(C)(C)C)C3)c3c(n2)NC(=O)OC3)cc1. The van der Waals surface area contributed by atoms with Crippen molar-refractivity contribution in [2.75, 3.05) is 25.5 Å². The van der Waals surface area contributed by atoms with E-state index in [-0.39, 0.29) is 12.7 Å². The van der Waals surface area contributed by atoms with E-state index in [0.29, 0.717) is 43.4 Å². The molecule has 0 saturated carbocycles. The number of fused-ring (bicyclic) bond motifs is 1. The van der Waals surface area contributed by atoms with Gasteiger partial charge in [-0.05, 0) is 74.2 Å². The van der Waals surface area contributed by atoms with Crippen molar-refractivity contribution < 1.29 is 28.5 Å². The third-order valence-corrected chi connectivity index (χ3v) is 6.56. The Balaban J connectivity index is 1.47. The Hall–Kier alpha value is -4.53. The van der Waals surface area contributed by atoms with Gasteiger partial charge < -0.3 is 23.8 Å². The Bertz CT molecular complexity index is 1440. The van der Waals surface area contributed by atoms with Crippen LogP contribution in [-0.4, -0.2) is 47.9 Å². The summed E-state index contributed by atoms with van der Waals surface area (Å²) >= 11 is 0. The number of cyclic esters (lactones) is 1. The molecule has 3 heterocycles. The second kappa shape index (κ2) is 11.3. The van der Waals surface area contributed by atoms with Crippen LogP contribution >= 0.6 is 0 Å². The number of para-hydroxylation sites is 1. The number of anilines is 1. The van der Waals surface area contributed by atoms with Crippen molar-refractivity contribution in [3.05, 3.63) is 77.4 Å². The Morgan fingerprint density at radius 3 is 2.62 bits per heavy atom. The minimum absolute atomic E-state index is 0.0865. The maximum atomic E-state index is 12.8. The van der Waals surface area contributed by atoms with E-state index < -0.39 is 11.7 Å². The van der Waals surface area contributed by atoms with Crippen LogP contribution in [0, 0.1) is 0 Å². The van der Waals surface area contributed by atoms with Crippen LogP contribution in [0.3, 0.4) is 0 Å². The summed E-state index contributed by atoms with van der Waals surface area (Å²) in [5.74, 6) is 1.87. The molecule has 208 valence electrons. The van der Waals surface area contributed by atoms with E-state index in [4.69, 9.17) is 23.9 Å². The molecule has 9 nitrogen and oxygen atoms in total. The van der Waals surface area contributed by atoms with Gasteiger partial charge in [0.2, 0.25) is 0 Å². The molecule has 0 radical (unpaired) electrons. The molecule has 1 aromatic heterocycles. The first-order valence-corrected chi connectivity index (χ1v) is 13.2. The lowest BCUT2D eigenvalue weighted by Crippen LogP contribution is -2.39. The van der Waals surface area contributed by atoms with Crippen LogP contribution in [0.1, 0.15) is 43.9 Å². The fourth-order valence-electron chi connectivity index (χ4n) is 4.62. The van der Waals surface area contributed by atoms with Crippen LogP contribution in [0.15, 0.2) is 60.7 Å². The van der Waals surface area contributed by atoms with Crippen molar-refractivity contribution in [3.8, 4) is 22.8 Å². The number of hydrogen-bond acceptors (Lipinski definition) is 7. The van der Waals surface area contributed by atoms with Crippen molar-refractivity contribution in [1.82, 2.24) is 9.88 Å². The number of nitrogens with zero attached hydrogens (tertiary/aromatic N) is 2. The maximum Gasteiger partial charge on any atom is 0.413 e. The Morgan fingerprint density at radius 1 is 1.10 bits per heavy atom. The van der Waals surface area contributed by atoms with E-state index in [1.54, 1.807) is 12.0 Å². The Labute approximate surface area is 233 Å². The number of amides is 2. The largest absolute Gasteiger partial charge is 0.497 e. The summed E-state index contributed by atoms with van der Waals surface area (Å²) in [7, 11) is 1.63. The Morgan fingerprint density at radius 2 is 1.88 bits per heavy atom. The van der Waals surface area contributed by atoms with Gasteiger partial charge in [-0.3, -0.25) is 5.32 Å². The van der Waals surface area contributed by atoms with Gasteiger partial charge in [0.15, 0.2) is 0 Å². The molecule has 2 aliphatic rings. The van der Waals surface area contributed by atoms with Gasteiger partial charge in [-0.25, -0.2) is 14.6 Å². The lowest BCUT2D eigenvalue weighted by molar-refractivity contribution is 0.0273. The van der Waals surface area contributed by atoms with Gasteiger partial charge in [0.05, 0.1) is 12.8 Å². The van der Waals surface area contributed by atoms with E-state index in [2.05, 4.69) is 11.4 Å². The van der Waals surface area contributed by atoms with Gasteiger partial charge in [0.25, 0.3) is 0 Å². The number of nitrogens with one attached hydrogen (secondary N) is 1. The first-order chi connectivity index (χ1) is 19.2. The molecular formula is C31H33N3O6. The van der Waals surface area contributed by atoms with Crippen LogP contribution in [0.4, 0.5) is 15.4 Å². The molecule has 0 atom stereocenters. The number of aromatic nitrogens is 1. The first-order valence-electron chi connectivity index (χ1n) is 13.2. The fourth-order valence-corrected chi connectivity index (χ4v) is 4.62. The minimum atomic E-state index is -0.588. The molecule has 0 fully saturated rings. The number of hydrogen-bond donors (Lipinski definition) is 1. The third kappa shape index (κ3) is 6.20. The highest BCUT2D eigenvalue weighted by atomic mass is 16.6. The van der Waals surface area contributed by atoms with Gasteiger partial charge in [0.1, 0.15) is 36.1 Å². The van der Waals surface area contributed by atoms with E-state index in [0.717, 1.165) is 33.6 Å². The second-order valence-corrected chi connectivity index (χ2v) is 10.6. The van der Waals surface area contributed by atoms with Gasteiger partial charge in [-0.1, -0.05) is 30.3 Å². The highest BCUT2D eigenvalue weighted by Gasteiger charge is 2.29. The second-order valence-electron chi connectivity index (χ2n) is 10.6. The molecular weight excluding hydrogens is 510 g/mol. The molecule has 2 aliphatic heterocycles. The van der Waals surface area contributed by atoms with Crippen LogP contribution in [0.25, 0.3) is 16.8 Å². The molecule has 0 spiro atoms. The zero-order chi connectivity index (χ0) is 28.3. The lowest BCUT2D eigenvalue weighted by atomic mass is 9.94. The predicted molar refractivity (Wildman–Crippen MR) is 151 cm³/mol. The number of benzene rings is 2. The highest BCUT2D eigenvalue weighted by molar-refractivity contribution is 5.90. The maximum absolute atomic E-state index is 12.8. The van der Waals surface area contributed by atoms with Crippen LogP contribution in [0.2, 0.25) is 0 Å². The molecule has 0 bridgehead atoms. The smallest absolute Gasteiger partial charge is 0.413 e. The summed E-state index contributed by atoms with van der Waals surface area (Å²) in [5.41, 5.74) is 4.38. The summed E-state index contributed by atoms with van der Waals surface area (Å²) < 4.78 is 22.4.